The molecule has 0 aromatic heterocycles. The van der Waals surface area contributed by atoms with Crippen LogP contribution in [0.3, 0.4) is 0 Å². The molecular formula is C17H25N3O3. The van der Waals surface area contributed by atoms with Crippen molar-refractivity contribution in [2.75, 3.05) is 19.6 Å². The topological polar surface area (TPSA) is 84.7 Å². The third-order valence-electron chi connectivity index (χ3n) is 3.96. The number of ether oxygens (including phenoxy) is 1. The molecule has 2 rings (SSSR count). The fourth-order valence-corrected chi connectivity index (χ4v) is 2.61. The van der Waals surface area contributed by atoms with Crippen LogP contribution >= 0.6 is 0 Å². The highest BCUT2D eigenvalue weighted by molar-refractivity contribution is 5.80. The predicted octanol–water partition coefficient (Wildman–Crippen LogP) is 1.50. The molecule has 3 N–H and O–H groups in total. The summed E-state index contributed by atoms with van der Waals surface area (Å²) in [5, 5.41) is 2.83. The van der Waals surface area contributed by atoms with Gasteiger partial charge in [-0.1, -0.05) is 30.3 Å². The van der Waals surface area contributed by atoms with Gasteiger partial charge in [0.15, 0.2) is 0 Å². The van der Waals surface area contributed by atoms with Gasteiger partial charge >= 0.3 is 6.09 Å². The first-order valence-electron chi connectivity index (χ1n) is 8.05. The Kier molecular flexibility index (Phi) is 6.40. The van der Waals surface area contributed by atoms with Gasteiger partial charge in [-0.25, -0.2) is 4.79 Å². The molecule has 0 saturated carbocycles. The summed E-state index contributed by atoms with van der Waals surface area (Å²) in [5.74, 6) is 0.0875. The van der Waals surface area contributed by atoms with Gasteiger partial charge in [-0.05, 0) is 31.2 Å². The van der Waals surface area contributed by atoms with Crippen molar-refractivity contribution < 1.29 is 14.3 Å². The van der Waals surface area contributed by atoms with Crippen LogP contribution in [0.15, 0.2) is 30.3 Å². The fourth-order valence-electron chi connectivity index (χ4n) is 2.61. The summed E-state index contributed by atoms with van der Waals surface area (Å²) < 4.78 is 5.36. The molecule has 0 bridgehead atoms. The van der Waals surface area contributed by atoms with E-state index in [0.29, 0.717) is 19.6 Å². The predicted molar refractivity (Wildman–Crippen MR) is 87.6 cm³/mol. The molecule has 23 heavy (non-hydrogen) atoms. The van der Waals surface area contributed by atoms with Crippen molar-refractivity contribution in [2.24, 2.45) is 11.7 Å². The Labute approximate surface area is 137 Å². The van der Waals surface area contributed by atoms with Crippen LogP contribution in [0, 0.1) is 5.92 Å². The van der Waals surface area contributed by atoms with E-state index < -0.39 is 6.04 Å². The number of hydrogen-bond donors (Lipinski definition) is 2. The Bertz CT molecular complexity index is 519. The monoisotopic (exact) mass is 319 g/mol. The van der Waals surface area contributed by atoms with Crippen molar-refractivity contribution in [3.05, 3.63) is 35.9 Å². The minimum atomic E-state index is -0.509. The summed E-state index contributed by atoms with van der Waals surface area (Å²) in [6.45, 7) is 3.78. The van der Waals surface area contributed by atoms with Gasteiger partial charge in [0, 0.05) is 19.6 Å². The number of nitrogens with two attached hydrogens (primary N) is 1. The lowest BCUT2D eigenvalue weighted by Gasteiger charge is -2.32. The summed E-state index contributed by atoms with van der Waals surface area (Å²) >= 11 is 0. The van der Waals surface area contributed by atoms with Crippen molar-refractivity contribution in [1.29, 1.82) is 0 Å². The molecule has 1 aromatic rings. The first kappa shape index (κ1) is 17.3. The van der Waals surface area contributed by atoms with Gasteiger partial charge in [0.05, 0.1) is 6.04 Å². The van der Waals surface area contributed by atoms with Crippen molar-refractivity contribution in [3.8, 4) is 0 Å². The largest absolute Gasteiger partial charge is 0.445 e. The number of nitrogens with zero attached hydrogens (tertiary/aromatic N) is 1. The van der Waals surface area contributed by atoms with E-state index in [4.69, 9.17) is 10.5 Å². The maximum absolute atomic E-state index is 12.2. The average Bonchev–Trinajstić information content (AvgIpc) is 2.58. The third-order valence-corrected chi connectivity index (χ3v) is 3.96. The zero-order valence-electron chi connectivity index (χ0n) is 13.5. The number of rotatable bonds is 5. The molecule has 1 aliphatic rings. The Hall–Kier alpha value is -2.08. The number of likely N-dealkylation sites (tertiary alicyclic amines) is 1. The van der Waals surface area contributed by atoms with Gasteiger partial charge in [0.2, 0.25) is 5.91 Å². The smallest absolute Gasteiger partial charge is 0.410 e. The zero-order valence-corrected chi connectivity index (χ0v) is 13.5. The van der Waals surface area contributed by atoms with Crippen LogP contribution in [0.5, 0.6) is 0 Å². The maximum Gasteiger partial charge on any atom is 0.410 e. The molecule has 126 valence electrons. The number of benzene rings is 1. The maximum atomic E-state index is 12.2. The van der Waals surface area contributed by atoms with Crippen LogP contribution in [0.25, 0.3) is 0 Å². The van der Waals surface area contributed by atoms with E-state index in [1.165, 1.54) is 0 Å². The lowest BCUT2D eigenvalue weighted by Crippen LogP contribution is -2.46. The average molecular weight is 319 g/mol. The first-order valence-corrected chi connectivity index (χ1v) is 8.05. The SMILES string of the molecule is C[C@H](N)C(=O)NC[C@H]1CCCN(C(=O)OCc2ccccc2)C1. The Morgan fingerprint density at radius 1 is 1.39 bits per heavy atom. The summed E-state index contributed by atoms with van der Waals surface area (Å²) in [4.78, 5) is 25.4. The van der Waals surface area contributed by atoms with Crippen molar-refractivity contribution >= 4 is 12.0 Å². The molecule has 1 aliphatic heterocycles. The molecule has 1 fully saturated rings. The molecule has 1 heterocycles. The quantitative estimate of drug-likeness (QED) is 0.861. The summed E-state index contributed by atoms with van der Waals surface area (Å²) in [6.07, 6.45) is 1.61. The fraction of sp³-hybridized carbons (Fsp3) is 0.529. The Balaban J connectivity index is 1.76. The van der Waals surface area contributed by atoms with Gasteiger partial charge < -0.3 is 20.7 Å². The van der Waals surface area contributed by atoms with Crippen molar-refractivity contribution in [1.82, 2.24) is 10.2 Å². The molecule has 1 aromatic carbocycles. The summed E-state index contributed by atoms with van der Waals surface area (Å²) in [5.41, 5.74) is 6.50. The second-order valence-corrected chi connectivity index (χ2v) is 6.03. The minimum Gasteiger partial charge on any atom is -0.445 e. The normalized spacial score (nSPS) is 19.0. The molecule has 0 aliphatic carbocycles. The van der Waals surface area contributed by atoms with E-state index in [-0.39, 0.29) is 24.5 Å². The summed E-state index contributed by atoms with van der Waals surface area (Å²) in [6, 6.07) is 9.11. The number of amides is 2. The van der Waals surface area contributed by atoms with Crippen LogP contribution < -0.4 is 11.1 Å². The molecule has 0 unspecified atom stereocenters. The highest BCUT2D eigenvalue weighted by Gasteiger charge is 2.25. The molecular weight excluding hydrogens is 294 g/mol. The molecule has 0 radical (unpaired) electrons. The number of carbonyl (C=O) groups excluding carboxylic acids is 2. The molecule has 6 nitrogen and oxygen atoms in total. The second kappa shape index (κ2) is 8.53. The van der Waals surface area contributed by atoms with Crippen molar-refractivity contribution in [3.63, 3.8) is 0 Å². The van der Waals surface area contributed by atoms with Crippen LogP contribution in [0.4, 0.5) is 4.79 Å². The van der Waals surface area contributed by atoms with E-state index in [2.05, 4.69) is 5.32 Å². The number of hydrogen-bond acceptors (Lipinski definition) is 4. The van der Waals surface area contributed by atoms with Crippen molar-refractivity contribution in [2.45, 2.75) is 32.4 Å². The minimum absolute atomic E-state index is 0.159. The van der Waals surface area contributed by atoms with E-state index in [1.807, 2.05) is 30.3 Å². The molecule has 2 amide bonds. The van der Waals surface area contributed by atoms with Crippen LogP contribution in [0.2, 0.25) is 0 Å². The highest BCUT2D eigenvalue weighted by atomic mass is 16.6. The van der Waals surface area contributed by atoms with Crippen LogP contribution in [0.1, 0.15) is 25.3 Å². The van der Waals surface area contributed by atoms with E-state index in [9.17, 15) is 9.59 Å². The van der Waals surface area contributed by atoms with Crippen LogP contribution in [-0.4, -0.2) is 42.6 Å². The lowest BCUT2D eigenvalue weighted by atomic mass is 9.98. The molecule has 0 spiro atoms. The second-order valence-electron chi connectivity index (χ2n) is 6.03. The number of nitrogens with one attached hydrogen (secondary N) is 1. The number of carbonyl (C=O) groups is 2. The van der Waals surface area contributed by atoms with Gasteiger partial charge in [-0.15, -0.1) is 0 Å². The lowest BCUT2D eigenvalue weighted by molar-refractivity contribution is -0.122. The Morgan fingerprint density at radius 3 is 2.83 bits per heavy atom. The molecule has 6 heteroatoms. The van der Waals surface area contributed by atoms with Gasteiger partial charge in [0.1, 0.15) is 6.61 Å². The van der Waals surface area contributed by atoms with Gasteiger partial charge in [-0.2, -0.15) is 0 Å². The van der Waals surface area contributed by atoms with Gasteiger partial charge in [-0.3, -0.25) is 4.79 Å². The molecule has 1 saturated heterocycles. The Morgan fingerprint density at radius 2 is 2.13 bits per heavy atom. The first-order chi connectivity index (χ1) is 11.1. The van der Waals surface area contributed by atoms with E-state index in [1.54, 1.807) is 11.8 Å². The highest BCUT2D eigenvalue weighted by Crippen LogP contribution is 2.17. The zero-order chi connectivity index (χ0) is 16.7. The standard InChI is InChI=1S/C17H25N3O3/c1-13(18)16(21)19-10-15-8-5-9-20(11-15)17(22)23-12-14-6-3-2-4-7-14/h2-4,6-7,13,15H,5,8-12,18H2,1H3,(H,19,21)/t13-,15+/m0/s1. The van der Waals surface area contributed by atoms with Gasteiger partial charge in [0.25, 0.3) is 0 Å². The third kappa shape index (κ3) is 5.56. The van der Waals surface area contributed by atoms with E-state index in [0.717, 1.165) is 18.4 Å². The van der Waals surface area contributed by atoms with Crippen LogP contribution in [-0.2, 0) is 16.1 Å². The number of piperidine rings is 1. The summed E-state index contributed by atoms with van der Waals surface area (Å²) in [7, 11) is 0. The van der Waals surface area contributed by atoms with E-state index >= 15 is 0 Å². The molecule has 2 atom stereocenters.